The van der Waals surface area contributed by atoms with Crippen LogP contribution in [0.1, 0.15) is 6.42 Å². The van der Waals surface area contributed by atoms with Gasteiger partial charge in [-0.1, -0.05) is 88.0 Å². The van der Waals surface area contributed by atoms with Crippen LogP contribution in [0.15, 0.2) is 59.6 Å². The van der Waals surface area contributed by atoms with Gasteiger partial charge in [-0.15, -0.1) is 0 Å². The van der Waals surface area contributed by atoms with Gasteiger partial charge in [0.1, 0.15) is 11.0 Å². The molecule has 0 radical (unpaired) electrons. The molecule has 1 saturated heterocycles. The second kappa shape index (κ2) is 13.4. The van der Waals surface area contributed by atoms with Crippen LogP contribution in [0.2, 0.25) is 25.1 Å². The summed E-state index contributed by atoms with van der Waals surface area (Å²) in [5.41, 5.74) is 1.58. The summed E-state index contributed by atoms with van der Waals surface area (Å²) >= 11 is 32.3. The molecule has 1 aliphatic heterocycles. The van der Waals surface area contributed by atoms with Crippen LogP contribution in [0, 0.1) is 0 Å². The predicted molar refractivity (Wildman–Crippen MR) is 163 cm³/mol. The van der Waals surface area contributed by atoms with E-state index in [0.29, 0.717) is 28.0 Å². The van der Waals surface area contributed by atoms with Crippen LogP contribution < -0.4 is 15.4 Å². The molecule has 0 spiro atoms. The molecule has 1 heterocycles. The van der Waals surface area contributed by atoms with E-state index in [-0.39, 0.29) is 56.4 Å². The average molecular weight is 647 g/mol. The Hall–Kier alpha value is -2.33. The van der Waals surface area contributed by atoms with Gasteiger partial charge in [0, 0.05) is 25.2 Å². The van der Waals surface area contributed by atoms with Gasteiger partial charge >= 0.3 is 0 Å². The molecule has 3 aromatic carbocycles. The Kier molecular flexibility index (Phi) is 10.1. The molecule has 0 aliphatic carbocycles. The van der Waals surface area contributed by atoms with Crippen molar-refractivity contribution in [1.82, 2.24) is 4.90 Å². The minimum atomic E-state index is -0.655. The van der Waals surface area contributed by atoms with Gasteiger partial charge in [-0.3, -0.25) is 14.5 Å². The lowest BCUT2D eigenvalue weighted by Crippen LogP contribution is -2.36. The standard InChI is InChI=1S/C26H21Cl5N4O3S/c1-38-16-9-7-15(8-10-16)33-18(36)13-17-25(37)35(26(39-17)34-14-5-3-2-4-6-14)12-11-32-24-22(30)20(28)19(27)21(29)23(24)31/h2-10,17,32H,11-13H2,1H3,(H,33,36)/t17-/m0/s1. The van der Waals surface area contributed by atoms with Crippen molar-refractivity contribution < 1.29 is 14.3 Å². The van der Waals surface area contributed by atoms with Gasteiger partial charge in [0.2, 0.25) is 11.8 Å². The van der Waals surface area contributed by atoms with Crippen LogP contribution >= 0.6 is 69.8 Å². The molecule has 0 saturated carbocycles. The number of nitrogens with one attached hydrogen (secondary N) is 2. The first-order chi connectivity index (χ1) is 18.7. The Morgan fingerprint density at radius 3 is 2.18 bits per heavy atom. The monoisotopic (exact) mass is 644 g/mol. The van der Waals surface area contributed by atoms with E-state index in [1.165, 1.54) is 16.7 Å². The molecule has 4 rings (SSSR count). The van der Waals surface area contributed by atoms with Crippen molar-refractivity contribution in [3.8, 4) is 5.75 Å². The smallest absolute Gasteiger partial charge is 0.242 e. The number of benzene rings is 3. The molecule has 0 aromatic heterocycles. The van der Waals surface area contributed by atoms with E-state index in [1.807, 2.05) is 30.3 Å². The maximum absolute atomic E-state index is 13.4. The lowest BCUT2D eigenvalue weighted by atomic mass is 10.2. The fourth-order valence-electron chi connectivity index (χ4n) is 3.65. The summed E-state index contributed by atoms with van der Waals surface area (Å²) in [4.78, 5) is 32.3. The van der Waals surface area contributed by atoms with Gasteiger partial charge in [-0.2, -0.15) is 0 Å². The minimum Gasteiger partial charge on any atom is -0.497 e. The third-order valence-corrected chi connectivity index (χ3v) is 9.04. The molecule has 204 valence electrons. The Balaban J connectivity index is 1.49. The Morgan fingerprint density at radius 1 is 0.949 bits per heavy atom. The molecule has 2 N–H and O–H groups in total. The lowest BCUT2D eigenvalue weighted by molar-refractivity contribution is -0.128. The Labute approximate surface area is 254 Å². The molecule has 7 nitrogen and oxygen atoms in total. The highest BCUT2D eigenvalue weighted by atomic mass is 35.5. The summed E-state index contributed by atoms with van der Waals surface area (Å²) in [6.07, 6.45) is -0.0344. The maximum Gasteiger partial charge on any atom is 0.242 e. The third-order valence-electron chi connectivity index (χ3n) is 5.59. The van der Waals surface area contributed by atoms with Crippen molar-refractivity contribution in [2.75, 3.05) is 30.8 Å². The summed E-state index contributed by atoms with van der Waals surface area (Å²) in [5, 5.41) is 6.13. The van der Waals surface area contributed by atoms with Crippen molar-refractivity contribution >= 4 is 104 Å². The predicted octanol–water partition coefficient (Wildman–Crippen LogP) is 8.03. The molecule has 2 amide bonds. The van der Waals surface area contributed by atoms with Gasteiger partial charge in [0.15, 0.2) is 5.17 Å². The number of hydrogen-bond donors (Lipinski definition) is 2. The number of para-hydroxylation sites is 1. The van der Waals surface area contributed by atoms with Crippen molar-refractivity contribution in [3.63, 3.8) is 0 Å². The highest BCUT2D eigenvalue weighted by molar-refractivity contribution is 8.15. The van der Waals surface area contributed by atoms with E-state index < -0.39 is 5.25 Å². The van der Waals surface area contributed by atoms with E-state index >= 15 is 0 Å². The van der Waals surface area contributed by atoms with E-state index in [1.54, 1.807) is 31.4 Å². The minimum absolute atomic E-state index is 0.0344. The van der Waals surface area contributed by atoms with Gasteiger partial charge in [0.25, 0.3) is 0 Å². The highest BCUT2D eigenvalue weighted by Gasteiger charge is 2.39. The Bertz CT molecular complexity index is 1380. The number of carbonyl (C=O) groups is 2. The summed E-state index contributed by atoms with van der Waals surface area (Å²) in [5.74, 6) is 0.131. The Morgan fingerprint density at radius 2 is 1.56 bits per heavy atom. The average Bonchev–Trinajstić information content (AvgIpc) is 3.22. The second-order valence-electron chi connectivity index (χ2n) is 8.18. The topological polar surface area (TPSA) is 83.0 Å². The number of ether oxygens (including phenoxy) is 1. The number of nitrogens with zero attached hydrogens (tertiary/aromatic N) is 2. The number of anilines is 2. The van der Waals surface area contributed by atoms with E-state index in [4.69, 9.17) is 62.7 Å². The van der Waals surface area contributed by atoms with E-state index in [2.05, 4.69) is 15.6 Å². The first kappa shape index (κ1) is 29.6. The number of amidine groups is 1. The molecule has 0 bridgehead atoms. The summed E-state index contributed by atoms with van der Waals surface area (Å²) < 4.78 is 5.14. The SMILES string of the molecule is COc1ccc(NC(=O)C[C@@H]2SC(=Nc3ccccc3)N(CCNc3c(Cl)c(Cl)c(Cl)c(Cl)c3Cl)C2=O)cc1. The molecule has 0 unspecified atom stereocenters. The molecule has 1 atom stereocenters. The molecule has 1 fully saturated rings. The van der Waals surface area contributed by atoms with E-state index in [0.717, 1.165) is 0 Å². The van der Waals surface area contributed by atoms with Crippen LogP contribution in [0.25, 0.3) is 0 Å². The van der Waals surface area contributed by atoms with Crippen LogP contribution in [0.5, 0.6) is 5.75 Å². The van der Waals surface area contributed by atoms with Gasteiger partial charge < -0.3 is 15.4 Å². The molecule has 1 aliphatic rings. The van der Waals surface area contributed by atoms with Crippen molar-refractivity contribution in [3.05, 3.63) is 79.7 Å². The summed E-state index contributed by atoms with van der Waals surface area (Å²) in [6, 6.07) is 16.2. The fourth-order valence-corrected chi connectivity index (χ4v) is 6.11. The number of halogens is 5. The zero-order valence-electron chi connectivity index (χ0n) is 20.3. The van der Waals surface area contributed by atoms with Gasteiger partial charge in [0.05, 0.1) is 43.6 Å². The quantitative estimate of drug-likeness (QED) is 0.182. The zero-order valence-corrected chi connectivity index (χ0v) is 24.9. The molecule has 13 heteroatoms. The first-order valence-corrected chi connectivity index (χ1v) is 14.3. The number of amides is 2. The lowest BCUT2D eigenvalue weighted by Gasteiger charge is -2.19. The normalized spacial score (nSPS) is 16.1. The van der Waals surface area contributed by atoms with Crippen molar-refractivity contribution in [2.45, 2.75) is 11.7 Å². The molecule has 3 aromatic rings. The molecular weight excluding hydrogens is 626 g/mol. The van der Waals surface area contributed by atoms with E-state index in [9.17, 15) is 9.59 Å². The first-order valence-electron chi connectivity index (χ1n) is 11.5. The number of thioether (sulfide) groups is 1. The van der Waals surface area contributed by atoms with Crippen molar-refractivity contribution in [1.29, 1.82) is 0 Å². The number of aliphatic imine (C=N–C) groups is 1. The zero-order chi connectivity index (χ0) is 28.1. The largest absolute Gasteiger partial charge is 0.497 e. The number of methoxy groups -OCH3 is 1. The fraction of sp³-hybridized carbons (Fsp3) is 0.192. The number of carbonyl (C=O) groups excluding carboxylic acids is 2. The summed E-state index contributed by atoms with van der Waals surface area (Å²) in [6.45, 7) is 0.442. The summed E-state index contributed by atoms with van der Waals surface area (Å²) in [7, 11) is 1.56. The third kappa shape index (κ3) is 7.06. The maximum atomic E-state index is 13.4. The second-order valence-corrected chi connectivity index (χ2v) is 11.2. The van der Waals surface area contributed by atoms with Gasteiger partial charge in [-0.05, 0) is 36.4 Å². The van der Waals surface area contributed by atoms with Crippen LogP contribution in [-0.2, 0) is 9.59 Å². The molecule has 39 heavy (non-hydrogen) atoms. The number of rotatable bonds is 9. The van der Waals surface area contributed by atoms with Crippen LogP contribution in [0.3, 0.4) is 0 Å². The van der Waals surface area contributed by atoms with Crippen molar-refractivity contribution in [2.24, 2.45) is 4.99 Å². The van der Waals surface area contributed by atoms with Gasteiger partial charge in [-0.25, -0.2) is 4.99 Å². The highest BCUT2D eigenvalue weighted by Crippen LogP contribution is 2.46. The molecular formula is C26H21Cl5N4O3S. The van der Waals surface area contributed by atoms with Crippen LogP contribution in [0.4, 0.5) is 17.1 Å². The number of hydrogen-bond acceptors (Lipinski definition) is 6. The van der Waals surface area contributed by atoms with Crippen LogP contribution in [-0.4, -0.2) is 47.3 Å².